The van der Waals surface area contributed by atoms with E-state index in [1.807, 2.05) is 0 Å². The van der Waals surface area contributed by atoms with Gasteiger partial charge in [-0.15, -0.1) is 0 Å². The van der Waals surface area contributed by atoms with Crippen molar-refractivity contribution < 1.29 is 57.8 Å². The van der Waals surface area contributed by atoms with E-state index >= 15 is 0 Å². The topological polar surface area (TPSA) is 130 Å². The Morgan fingerprint density at radius 2 is 1.77 bits per heavy atom. The summed E-state index contributed by atoms with van der Waals surface area (Å²) in [4.78, 5) is 3.78. The summed E-state index contributed by atoms with van der Waals surface area (Å²) < 4.78 is 30.4. The quantitative estimate of drug-likeness (QED) is 0.188. The van der Waals surface area contributed by atoms with Crippen LogP contribution in [-0.4, -0.2) is 53.6 Å². The van der Waals surface area contributed by atoms with Crippen molar-refractivity contribution in [1.29, 1.82) is 0 Å². The fourth-order valence-electron chi connectivity index (χ4n) is 9.15. The van der Waals surface area contributed by atoms with Gasteiger partial charge in [-0.25, -0.2) is 0 Å². The van der Waals surface area contributed by atoms with E-state index in [1.54, 1.807) is 0 Å². The molecule has 4 aliphatic carbocycles. The number of aliphatic hydroxyl groups is 2. The first-order chi connectivity index (χ1) is 15.8. The minimum Gasteiger partial charge on any atom is -0.862 e. The maximum absolute atomic E-state index is 12.1. The van der Waals surface area contributed by atoms with E-state index in [-0.39, 0.29) is 77.4 Å². The predicted octanol–water partition coefficient (Wildman–Crippen LogP) is 0.0439. The van der Waals surface area contributed by atoms with Crippen LogP contribution in [0.4, 0.5) is 0 Å². The molecule has 4 rings (SSSR count). The summed E-state index contributed by atoms with van der Waals surface area (Å²) >= 11 is 0. The molecule has 0 bridgehead atoms. The second-order valence-corrected chi connectivity index (χ2v) is 14.1. The molecule has 196 valence electrons. The molecule has 35 heavy (non-hydrogen) atoms. The van der Waals surface area contributed by atoms with Crippen LogP contribution < -0.4 is 34.7 Å². The van der Waals surface area contributed by atoms with Crippen LogP contribution in [0, 0.1) is 46.3 Å². The number of hydrogen-bond acceptors (Lipinski definition) is 6. The Morgan fingerprint density at radius 1 is 1.09 bits per heavy atom. The van der Waals surface area contributed by atoms with Gasteiger partial charge in [-0.05, 0) is 116 Å². The molecular weight excluding hydrogens is 477 g/mol. The third-order valence-corrected chi connectivity index (χ3v) is 11.5. The van der Waals surface area contributed by atoms with Crippen LogP contribution in [0.1, 0.15) is 85.0 Å². The molecule has 0 aromatic heterocycles. The maximum atomic E-state index is 12.1. The molecule has 0 heterocycles. The van der Waals surface area contributed by atoms with Crippen LogP contribution in [0.5, 0.6) is 0 Å². The van der Waals surface area contributed by atoms with E-state index in [0.29, 0.717) is 36.0 Å². The van der Waals surface area contributed by atoms with E-state index in [0.717, 1.165) is 44.9 Å². The molecule has 0 aromatic rings. The van der Waals surface area contributed by atoms with Gasteiger partial charge in [0.2, 0.25) is 0 Å². The van der Waals surface area contributed by atoms with Crippen LogP contribution >= 0.6 is 0 Å². The molecule has 0 spiro atoms. The zero-order chi connectivity index (χ0) is 24.9. The van der Waals surface area contributed by atoms with Gasteiger partial charge in [0, 0.05) is 0 Å². The second kappa shape index (κ2) is 11.2. The van der Waals surface area contributed by atoms with Gasteiger partial charge in [0.05, 0.1) is 24.5 Å². The average Bonchev–Trinajstić information content (AvgIpc) is 3.02. The number of aliphatic imine (C=N–C) groups is 1. The van der Waals surface area contributed by atoms with Gasteiger partial charge in [-0.3, -0.25) is 4.55 Å². The number of hydrogen-bond donors (Lipinski definition) is 3. The predicted molar refractivity (Wildman–Crippen MR) is 130 cm³/mol. The third-order valence-electron chi connectivity index (χ3n) is 10.8. The first kappa shape index (κ1) is 29.9. The molecule has 3 N–H and O–H groups in total. The van der Waals surface area contributed by atoms with Crippen molar-refractivity contribution in [3.63, 3.8) is 0 Å². The van der Waals surface area contributed by atoms with Gasteiger partial charge in [-0.2, -0.15) is 8.42 Å². The van der Waals surface area contributed by atoms with Gasteiger partial charge < -0.3 is 20.3 Å². The summed E-state index contributed by atoms with van der Waals surface area (Å²) in [5, 5.41) is 33.7. The average molecular weight is 522 g/mol. The van der Waals surface area contributed by atoms with Crippen molar-refractivity contribution in [2.45, 2.75) is 97.2 Å². The summed E-state index contributed by atoms with van der Waals surface area (Å²) in [6.45, 7) is 6.82. The number of rotatable bonds is 7. The molecule has 4 fully saturated rings. The number of nitrogens with zero attached hydrogens (tertiary/aromatic N) is 1. The van der Waals surface area contributed by atoms with E-state index in [4.69, 9.17) is 4.55 Å². The largest absolute Gasteiger partial charge is 1.00 e. The number of fused-ring (bicyclic) bond motifs is 5. The van der Waals surface area contributed by atoms with Crippen molar-refractivity contribution in [1.82, 2.24) is 0 Å². The summed E-state index contributed by atoms with van der Waals surface area (Å²) in [5.41, 5.74) is 0.353. The Bertz CT molecular complexity index is 883. The fraction of sp³-hybridized carbons (Fsp3) is 0.962. The SMILES string of the molecule is C[C@H](CCC([O-])=NCCS(=O)(=O)O)[C@H]1C[C@@H](O)[C@H]2[C@@H]3CC[C@@H]4C[C@H](O)CC[C@]4(C)[C@H]3CC[C@@]21C.[Na+]. The van der Waals surface area contributed by atoms with Gasteiger partial charge in [0.25, 0.3) is 10.1 Å². The van der Waals surface area contributed by atoms with Gasteiger partial charge in [0.15, 0.2) is 0 Å². The zero-order valence-corrected chi connectivity index (χ0v) is 24.8. The molecule has 0 aromatic carbocycles. The Balaban J connectivity index is 0.00000342. The molecule has 0 saturated heterocycles. The van der Waals surface area contributed by atoms with Crippen LogP contribution in [0.15, 0.2) is 4.99 Å². The van der Waals surface area contributed by atoms with Crippen molar-refractivity contribution in [3.05, 3.63) is 0 Å². The van der Waals surface area contributed by atoms with Crippen LogP contribution in [0.3, 0.4) is 0 Å². The zero-order valence-electron chi connectivity index (χ0n) is 22.0. The standard InChI is InChI=1S/C26H45NO6S.Na/c1-16(4-7-23(30)27-12-13-34(31,32)33)21-15-22(29)24-19-6-5-17-14-18(28)8-10-25(17,2)20(19)9-11-26(21,24)3;/h16-22,24,28-29H,4-15H2,1-3H3,(H,27,30)(H,31,32,33);/q;+1/p-1/t16-,17-,18-,19-,20+,21-,22-,24-,25+,26-;/m1./s1. The molecule has 7 nitrogen and oxygen atoms in total. The Hall–Kier alpha value is 0.300. The maximum Gasteiger partial charge on any atom is 1.00 e. The second-order valence-electron chi connectivity index (χ2n) is 12.5. The van der Waals surface area contributed by atoms with Gasteiger partial charge in [-0.1, -0.05) is 20.8 Å². The molecule has 0 aliphatic heterocycles. The van der Waals surface area contributed by atoms with Crippen LogP contribution in [0.25, 0.3) is 0 Å². The van der Waals surface area contributed by atoms with E-state index in [1.165, 1.54) is 6.42 Å². The smallest absolute Gasteiger partial charge is 0.862 e. The van der Waals surface area contributed by atoms with E-state index in [2.05, 4.69) is 25.8 Å². The minimum absolute atomic E-state index is 0. The van der Waals surface area contributed by atoms with E-state index < -0.39 is 15.9 Å². The third kappa shape index (κ3) is 5.99. The molecule has 4 aliphatic rings. The van der Waals surface area contributed by atoms with Crippen molar-refractivity contribution in [2.75, 3.05) is 12.3 Å². The van der Waals surface area contributed by atoms with Crippen LogP contribution in [-0.2, 0) is 10.1 Å². The Morgan fingerprint density at radius 3 is 2.46 bits per heavy atom. The van der Waals surface area contributed by atoms with Gasteiger partial charge in [0.1, 0.15) is 0 Å². The normalized spacial score (nSPS) is 44.5. The van der Waals surface area contributed by atoms with Crippen molar-refractivity contribution in [3.8, 4) is 0 Å². The number of aliphatic hydroxyl groups excluding tert-OH is 2. The fourth-order valence-corrected chi connectivity index (χ4v) is 9.47. The molecule has 4 saturated carbocycles. The summed E-state index contributed by atoms with van der Waals surface area (Å²) in [5.74, 6) is 1.87. The van der Waals surface area contributed by atoms with Crippen molar-refractivity contribution in [2.24, 2.45) is 51.3 Å². The Labute approximate surface area is 233 Å². The summed E-state index contributed by atoms with van der Waals surface area (Å²) in [6, 6.07) is 0. The molecule has 0 radical (unpaired) electrons. The molecule has 9 heteroatoms. The molecular formula is C26H44NNaO6S. The monoisotopic (exact) mass is 521 g/mol. The molecule has 0 amide bonds. The van der Waals surface area contributed by atoms with Crippen molar-refractivity contribution >= 4 is 16.0 Å². The van der Waals surface area contributed by atoms with E-state index in [9.17, 15) is 23.7 Å². The van der Waals surface area contributed by atoms with Gasteiger partial charge >= 0.3 is 29.6 Å². The summed E-state index contributed by atoms with van der Waals surface area (Å²) in [6.07, 6.45) is 8.87. The summed E-state index contributed by atoms with van der Waals surface area (Å²) in [7, 11) is -4.10. The Kier molecular flexibility index (Phi) is 9.54. The molecule has 0 unspecified atom stereocenters. The first-order valence-electron chi connectivity index (χ1n) is 13.4. The minimum atomic E-state index is -4.10. The van der Waals surface area contributed by atoms with Crippen LogP contribution in [0.2, 0.25) is 0 Å². The first-order valence-corrected chi connectivity index (χ1v) is 15.0. The molecule has 10 atom stereocenters.